The highest BCUT2D eigenvalue weighted by Gasteiger charge is 2.30. The number of ketones is 1. The van der Waals surface area contributed by atoms with Crippen LogP contribution < -0.4 is 21.3 Å². The maximum atomic E-state index is 13.6. The van der Waals surface area contributed by atoms with Crippen molar-refractivity contribution >= 4 is 29.0 Å². The Labute approximate surface area is 254 Å². The molecule has 224 valence electrons. The van der Waals surface area contributed by atoms with Gasteiger partial charge in [-0.2, -0.15) is 5.10 Å². The first-order valence-corrected chi connectivity index (χ1v) is 15.1. The predicted molar refractivity (Wildman–Crippen MR) is 174 cm³/mol. The van der Waals surface area contributed by atoms with Gasteiger partial charge in [0.1, 0.15) is 5.82 Å². The minimum atomic E-state index is -0.362. The van der Waals surface area contributed by atoms with Crippen LogP contribution in [0.5, 0.6) is 0 Å². The van der Waals surface area contributed by atoms with Crippen LogP contribution in [0.15, 0.2) is 84.9 Å². The number of hydrogen-bond donors (Lipinski definition) is 4. The summed E-state index contributed by atoms with van der Waals surface area (Å²) in [5.74, 6) is 0.826. The van der Waals surface area contributed by atoms with Crippen molar-refractivity contribution in [3.05, 3.63) is 102 Å². The molecule has 0 aliphatic carbocycles. The molecule has 1 atom stereocenters. The summed E-state index contributed by atoms with van der Waals surface area (Å²) < 4.78 is 1.77. The number of rotatable bonds is 9. The number of hydrogen-bond acceptors (Lipinski definition) is 5. The number of aromatic nitrogens is 2. The number of aryl methyl sites for hydroxylation is 1. The Morgan fingerprint density at radius 2 is 1.58 bits per heavy atom. The summed E-state index contributed by atoms with van der Waals surface area (Å²) in [4.78, 5) is 26.7. The summed E-state index contributed by atoms with van der Waals surface area (Å²) >= 11 is 0. The van der Waals surface area contributed by atoms with Crippen LogP contribution in [-0.4, -0.2) is 41.2 Å². The summed E-state index contributed by atoms with van der Waals surface area (Å²) in [7, 11) is 0. The highest BCUT2D eigenvalue weighted by molar-refractivity contribution is 5.99. The number of piperidine rings is 1. The number of benzene rings is 3. The Kier molecular flexibility index (Phi) is 9.26. The molecule has 4 N–H and O–H groups in total. The quantitative estimate of drug-likeness (QED) is 0.173. The van der Waals surface area contributed by atoms with Gasteiger partial charge in [-0.25, -0.2) is 9.48 Å². The molecule has 1 unspecified atom stereocenters. The molecule has 8 nitrogen and oxygen atoms in total. The fraction of sp³-hybridized carbons (Fsp3) is 0.343. The molecular weight excluding hydrogens is 536 g/mol. The molecule has 0 bridgehead atoms. The van der Waals surface area contributed by atoms with Gasteiger partial charge in [0.15, 0.2) is 5.78 Å². The van der Waals surface area contributed by atoms with Gasteiger partial charge in [-0.3, -0.25) is 10.1 Å². The first kappa shape index (κ1) is 30.0. The lowest BCUT2D eigenvalue weighted by Crippen LogP contribution is -2.35. The van der Waals surface area contributed by atoms with E-state index < -0.39 is 0 Å². The predicted octanol–water partition coefficient (Wildman–Crippen LogP) is 6.89. The monoisotopic (exact) mass is 578 g/mol. The third-order valence-corrected chi connectivity index (χ3v) is 7.97. The van der Waals surface area contributed by atoms with Crippen molar-refractivity contribution in [2.24, 2.45) is 5.92 Å². The van der Waals surface area contributed by atoms with Crippen molar-refractivity contribution in [2.75, 3.05) is 35.6 Å². The highest BCUT2D eigenvalue weighted by atomic mass is 16.2. The van der Waals surface area contributed by atoms with Crippen molar-refractivity contribution in [3.8, 4) is 5.69 Å². The van der Waals surface area contributed by atoms with Crippen LogP contribution in [0.4, 0.5) is 22.0 Å². The molecule has 0 radical (unpaired) electrons. The van der Waals surface area contributed by atoms with Gasteiger partial charge in [-0.15, -0.1) is 0 Å². The van der Waals surface area contributed by atoms with Crippen molar-refractivity contribution in [1.82, 2.24) is 15.1 Å². The molecule has 3 aromatic carbocycles. The zero-order valence-corrected chi connectivity index (χ0v) is 25.5. The summed E-state index contributed by atoms with van der Waals surface area (Å²) in [6.45, 7) is 10.4. The number of carbonyl (C=O) groups excluding carboxylic acids is 2. The van der Waals surface area contributed by atoms with Crippen molar-refractivity contribution < 1.29 is 9.59 Å². The van der Waals surface area contributed by atoms with Crippen LogP contribution in [0.25, 0.3) is 5.69 Å². The average molecular weight is 579 g/mol. The molecular formula is C35H42N6O2. The van der Waals surface area contributed by atoms with Crippen LogP contribution in [0, 0.1) is 12.8 Å². The Morgan fingerprint density at radius 3 is 2.23 bits per heavy atom. The Balaban J connectivity index is 1.30. The normalized spacial score (nSPS) is 14.6. The van der Waals surface area contributed by atoms with Gasteiger partial charge in [0, 0.05) is 28.8 Å². The van der Waals surface area contributed by atoms with E-state index in [1.165, 1.54) is 0 Å². The third kappa shape index (κ3) is 7.70. The van der Waals surface area contributed by atoms with Gasteiger partial charge in [0.25, 0.3) is 0 Å². The van der Waals surface area contributed by atoms with Crippen molar-refractivity contribution in [1.29, 1.82) is 0 Å². The molecule has 1 fully saturated rings. The molecule has 0 spiro atoms. The molecule has 2 amide bonds. The number of anilines is 3. The molecule has 0 saturated carbocycles. The molecule has 5 rings (SSSR count). The molecule has 8 heteroatoms. The van der Waals surface area contributed by atoms with Crippen LogP contribution in [0.3, 0.4) is 0 Å². The van der Waals surface area contributed by atoms with Gasteiger partial charge in [0.2, 0.25) is 0 Å². The summed E-state index contributed by atoms with van der Waals surface area (Å²) in [5, 5.41) is 17.4. The fourth-order valence-corrected chi connectivity index (χ4v) is 5.53. The van der Waals surface area contributed by atoms with E-state index in [1.54, 1.807) is 4.68 Å². The lowest BCUT2D eigenvalue weighted by molar-refractivity contribution is -0.120. The minimum absolute atomic E-state index is 0.174. The number of amides is 2. The second kappa shape index (κ2) is 13.3. The Hall–Kier alpha value is -4.43. The molecule has 2 heterocycles. The summed E-state index contributed by atoms with van der Waals surface area (Å²) in [6.07, 6.45) is 1.91. The second-order valence-corrected chi connectivity index (χ2v) is 12.4. The van der Waals surface area contributed by atoms with E-state index in [2.05, 4.69) is 42.0 Å². The third-order valence-electron chi connectivity index (χ3n) is 7.97. The van der Waals surface area contributed by atoms with Gasteiger partial charge in [-0.05, 0) is 80.7 Å². The van der Waals surface area contributed by atoms with Crippen LogP contribution in [-0.2, 0) is 10.2 Å². The van der Waals surface area contributed by atoms with Gasteiger partial charge in [0.05, 0.1) is 17.9 Å². The number of nitrogens with zero attached hydrogens (tertiary/aromatic N) is 2. The standard InChI is InChI=1S/C35H42N6O2/c1-24-10-16-29(17-11-24)41-32(22-31(40-41)35(2,3)4)39-34(43)38-28-14-12-25(13-15-28)33(26-18-20-36-21-19-26)30(42)23-37-27-8-6-5-7-9-27/h5-17,22,26,33,36-37H,18-21,23H2,1-4H3,(H2,38,39,43). The zero-order valence-electron chi connectivity index (χ0n) is 25.5. The second-order valence-electron chi connectivity index (χ2n) is 12.4. The van der Waals surface area contributed by atoms with Crippen LogP contribution in [0.2, 0.25) is 0 Å². The van der Waals surface area contributed by atoms with E-state index in [0.717, 1.165) is 54.1 Å². The number of Topliss-reactive ketones (excluding diaryl/α,β-unsaturated/α-hetero) is 1. The molecule has 43 heavy (non-hydrogen) atoms. The zero-order chi connectivity index (χ0) is 30.4. The van der Waals surface area contributed by atoms with Crippen LogP contribution >= 0.6 is 0 Å². The van der Waals surface area contributed by atoms with E-state index >= 15 is 0 Å². The number of carbonyl (C=O) groups is 2. The molecule has 1 aliphatic rings. The first-order chi connectivity index (χ1) is 20.7. The molecule has 1 aliphatic heterocycles. The van der Waals surface area contributed by atoms with E-state index in [0.29, 0.717) is 11.5 Å². The highest BCUT2D eigenvalue weighted by Crippen LogP contribution is 2.33. The van der Waals surface area contributed by atoms with E-state index in [1.807, 2.05) is 91.9 Å². The van der Waals surface area contributed by atoms with Gasteiger partial charge < -0.3 is 16.0 Å². The maximum Gasteiger partial charge on any atom is 0.324 e. The largest absolute Gasteiger partial charge is 0.378 e. The average Bonchev–Trinajstić information content (AvgIpc) is 3.43. The summed E-state index contributed by atoms with van der Waals surface area (Å²) in [6, 6.07) is 27.1. The Bertz CT molecular complexity index is 1520. The Morgan fingerprint density at radius 1 is 0.907 bits per heavy atom. The first-order valence-electron chi connectivity index (χ1n) is 15.1. The van der Waals surface area contributed by atoms with Crippen LogP contribution in [0.1, 0.15) is 56.4 Å². The smallest absolute Gasteiger partial charge is 0.324 e. The lowest BCUT2D eigenvalue weighted by atomic mass is 9.78. The van der Waals surface area contributed by atoms with E-state index in [4.69, 9.17) is 5.10 Å². The fourth-order valence-electron chi connectivity index (χ4n) is 5.53. The minimum Gasteiger partial charge on any atom is -0.378 e. The number of urea groups is 1. The molecule has 1 saturated heterocycles. The van der Waals surface area contributed by atoms with E-state index in [9.17, 15) is 9.59 Å². The lowest BCUT2D eigenvalue weighted by Gasteiger charge is -2.30. The van der Waals surface area contributed by atoms with Crippen molar-refractivity contribution in [2.45, 2.75) is 51.9 Å². The topological polar surface area (TPSA) is 100 Å². The maximum absolute atomic E-state index is 13.6. The summed E-state index contributed by atoms with van der Waals surface area (Å²) in [5.41, 5.74) is 5.28. The SMILES string of the molecule is Cc1ccc(-n2nc(C(C)(C)C)cc2NC(=O)Nc2ccc(C(C(=O)CNc3ccccc3)C3CCNCC3)cc2)cc1. The van der Waals surface area contributed by atoms with Crippen molar-refractivity contribution in [3.63, 3.8) is 0 Å². The van der Waals surface area contributed by atoms with E-state index in [-0.39, 0.29) is 35.6 Å². The number of para-hydroxylation sites is 1. The number of nitrogens with one attached hydrogen (secondary N) is 4. The molecule has 1 aromatic heterocycles. The van der Waals surface area contributed by atoms with Gasteiger partial charge in [-0.1, -0.05) is 68.8 Å². The molecule has 4 aromatic rings. The van der Waals surface area contributed by atoms with Gasteiger partial charge >= 0.3 is 6.03 Å².